The van der Waals surface area contributed by atoms with Gasteiger partial charge in [-0.25, -0.2) is 0 Å². The Morgan fingerprint density at radius 3 is 2.67 bits per heavy atom. The maximum Gasteiger partial charge on any atom is 0.251 e. The fourth-order valence-electron chi connectivity index (χ4n) is 2.45. The fraction of sp³-hybridized carbons (Fsp3) is 0.500. The van der Waals surface area contributed by atoms with E-state index in [4.69, 9.17) is 5.73 Å². The van der Waals surface area contributed by atoms with Crippen molar-refractivity contribution in [2.24, 2.45) is 5.41 Å². The SMILES string of the molecule is CCC1(CNC(=O)c2cc(N)cc(Br)c2)CCC1. The summed E-state index contributed by atoms with van der Waals surface area (Å²) in [5.41, 5.74) is 7.29. The minimum atomic E-state index is -0.0391. The molecular formula is C14H19BrN2O. The quantitative estimate of drug-likeness (QED) is 0.838. The fourth-order valence-corrected chi connectivity index (χ4v) is 2.96. The lowest BCUT2D eigenvalue weighted by Gasteiger charge is -2.41. The van der Waals surface area contributed by atoms with E-state index >= 15 is 0 Å². The first-order valence-electron chi connectivity index (χ1n) is 6.39. The third kappa shape index (κ3) is 2.86. The van der Waals surface area contributed by atoms with Crippen LogP contribution < -0.4 is 11.1 Å². The van der Waals surface area contributed by atoms with Crippen LogP contribution in [0.2, 0.25) is 0 Å². The summed E-state index contributed by atoms with van der Waals surface area (Å²) in [5, 5.41) is 3.03. The average Bonchev–Trinajstić information content (AvgIpc) is 2.26. The van der Waals surface area contributed by atoms with E-state index in [-0.39, 0.29) is 5.91 Å². The van der Waals surface area contributed by atoms with Gasteiger partial charge in [0, 0.05) is 22.3 Å². The van der Waals surface area contributed by atoms with Gasteiger partial charge in [-0.1, -0.05) is 29.3 Å². The lowest BCUT2D eigenvalue weighted by Crippen LogP contribution is -2.41. The Balaban J connectivity index is 1.99. The topological polar surface area (TPSA) is 55.1 Å². The van der Waals surface area contributed by atoms with Crippen LogP contribution in [0.25, 0.3) is 0 Å². The van der Waals surface area contributed by atoms with E-state index in [2.05, 4.69) is 28.2 Å². The molecule has 1 aromatic carbocycles. The standard InChI is InChI=1S/C14H19BrN2O/c1-2-14(4-3-5-14)9-17-13(18)10-6-11(15)8-12(16)7-10/h6-8H,2-5,9,16H2,1H3,(H,17,18). The molecule has 3 N–H and O–H groups in total. The summed E-state index contributed by atoms with van der Waals surface area (Å²) >= 11 is 3.35. The van der Waals surface area contributed by atoms with Crippen LogP contribution in [0, 0.1) is 5.41 Å². The first-order valence-corrected chi connectivity index (χ1v) is 7.18. The number of halogens is 1. The van der Waals surface area contributed by atoms with Gasteiger partial charge in [0.05, 0.1) is 0 Å². The van der Waals surface area contributed by atoms with Gasteiger partial charge in [0.2, 0.25) is 0 Å². The molecule has 98 valence electrons. The van der Waals surface area contributed by atoms with E-state index in [1.807, 2.05) is 0 Å². The van der Waals surface area contributed by atoms with Crippen molar-refractivity contribution < 1.29 is 4.79 Å². The highest BCUT2D eigenvalue weighted by Crippen LogP contribution is 2.43. The summed E-state index contributed by atoms with van der Waals surface area (Å²) in [6, 6.07) is 5.29. The first kappa shape index (κ1) is 13.4. The van der Waals surface area contributed by atoms with Crippen molar-refractivity contribution in [1.29, 1.82) is 0 Å². The second-order valence-corrected chi connectivity index (χ2v) is 6.08. The Kier molecular flexibility index (Phi) is 3.95. The van der Waals surface area contributed by atoms with Crippen molar-refractivity contribution in [1.82, 2.24) is 5.32 Å². The Hall–Kier alpha value is -1.03. The minimum Gasteiger partial charge on any atom is -0.399 e. The van der Waals surface area contributed by atoms with E-state index in [0.717, 1.165) is 17.4 Å². The maximum absolute atomic E-state index is 12.1. The molecule has 0 aromatic heterocycles. The van der Waals surface area contributed by atoms with E-state index in [1.54, 1.807) is 18.2 Å². The molecule has 1 aliphatic rings. The van der Waals surface area contributed by atoms with Gasteiger partial charge in [0.1, 0.15) is 0 Å². The number of nitrogen functional groups attached to an aromatic ring is 1. The molecule has 18 heavy (non-hydrogen) atoms. The molecule has 0 atom stereocenters. The van der Waals surface area contributed by atoms with Crippen LogP contribution in [0.3, 0.4) is 0 Å². The van der Waals surface area contributed by atoms with Crippen LogP contribution in [-0.2, 0) is 0 Å². The third-order valence-electron chi connectivity index (χ3n) is 3.97. The van der Waals surface area contributed by atoms with Gasteiger partial charge in [0.15, 0.2) is 0 Å². The summed E-state index contributed by atoms with van der Waals surface area (Å²) in [7, 11) is 0. The van der Waals surface area contributed by atoms with Crippen LogP contribution in [-0.4, -0.2) is 12.5 Å². The zero-order valence-corrected chi connectivity index (χ0v) is 12.2. The molecule has 0 unspecified atom stereocenters. The van der Waals surface area contributed by atoms with Gasteiger partial charge in [0.25, 0.3) is 5.91 Å². The van der Waals surface area contributed by atoms with Crippen LogP contribution in [0.5, 0.6) is 0 Å². The molecule has 2 rings (SSSR count). The number of carbonyl (C=O) groups excluding carboxylic acids is 1. The molecule has 0 heterocycles. The van der Waals surface area contributed by atoms with Gasteiger partial charge < -0.3 is 11.1 Å². The van der Waals surface area contributed by atoms with E-state index in [0.29, 0.717) is 16.7 Å². The van der Waals surface area contributed by atoms with Crippen LogP contribution in [0.1, 0.15) is 43.0 Å². The van der Waals surface area contributed by atoms with Crippen molar-refractivity contribution in [2.45, 2.75) is 32.6 Å². The summed E-state index contributed by atoms with van der Waals surface area (Å²) in [6.45, 7) is 2.97. The molecule has 3 nitrogen and oxygen atoms in total. The number of nitrogens with one attached hydrogen (secondary N) is 1. The number of amides is 1. The van der Waals surface area contributed by atoms with Crippen LogP contribution in [0.15, 0.2) is 22.7 Å². The number of benzene rings is 1. The van der Waals surface area contributed by atoms with Crippen molar-refractivity contribution in [3.8, 4) is 0 Å². The Labute approximate surface area is 116 Å². The molecule has 1 aliphatic carbocycles. The normalized spacial score (nSPS) is 17.0. The average molecular weight is 311 g/mol. The lowest BCUT2D eigenvalue weighted by molar-refractivity contribution is 0.0850. The number of rotatable bonds is 4. The first-order chi connectivity index (χ1) is 8.54. The highest BCUT2D eigenvalue weighted by molar-refractivity contribution is 9.10. The minimum absolute atomic E-state index is 0.0391. The van der Waals surface area contributed by atoms with Gasteiger partial charge in [-0.15, -0.1) is 0 Å². The van der Waals surface area contributed by atoms with E-state index in [1.165, 1.54) is 19.3 Å². The van der Waals surface area contributed by atoms with Crippen molar-refractivity contribution in [3.63, 3.8) is 0 Å². The van der Waals surface area contributed by atoms with Crippen molar-refractivity contribution in [3.05, 3.63) is 28.2 Å². The lowest BCUT2D eigenvalue weighted by atomic mass is 9.67. The Bertz CT molecular complexity index is 429. The second kappa shape index (κ2) is 5.31. The highest BCUT2D eigenvalue weighted by Gasteiger charge is 2.35. The van der Waals surface area contributed by atoms with Gasteiger partial charge in [-0.3, -0.25) is 4.79 Å². The molecule has 0 radical (unpaired) electrons. The highest BCUT2D eigenvalue weighted by atomic mass is 79.9. The third-order valence-corrected chi connectivity index (χ3v) is 4.43. The van der Waals surface area contributed by atoms with Gasteiger partial charge >= 0.3 is 0 Å². The Morgan fingerprint density at radius 1 is 1.44 bits per heavy atom. The summed E-state index contributed by atoms with van der Waals surface area (Å²) in [5.74, 6) is -0.0391. The number of anilines is 1. The number of hydrogen-bond donors (Lipinski definition) is 2. The molecule has 1 fully saturated rings. The van der Waals surface area contributed by atoms with E-state index in [9.17, 15) is 4.79 Å². The molecule has 4 heteroatoms. The van der Waals surface area contributed by atoms with Gasteiger partial charge in [-0.05, 0) is 42.9 Å². The zero-order valence-electron chi connectivity index (χ0n) is 10.6. The molecular weight excluding hydrogens is 292 g/mol. The summed E-state index contributed by atoms with van der Waals surface area (Å²) in [6.07, 6.45) is 4.87. The predicted octanol–water partition coefficient (Wildman–Crippen LogP) is 3.34. The van der Waals surface area contributed by atoms with Crippen molar-refractivity contribution in [2.75, 3.05) is 12.3 Å². The number of hydrogen-bond acceptors (Lipinski definition) is 2. The second-order valence-electron chi connectivity index (χ2n) is 5.16. The summed E-state index contributed by atoms with van der Waals surface area (Å²) < 4.78 is 0.835. The number of nitrogens with two attached hydrogens (primary N) is 1. The molecule has 0 spiro atoms. The van der Waals surface area contributed by atoms with Crippen molar-refractivity contribution >= 4 is 27.5 Å². The smallest absolute Gasteiger partial charge is 0.251 e. The predicted molar refractivity (Wildman–Crippen MR) is 77.5 cm³/mol. The van der Waals surface area contributed by atoms with E-state index < -0.39 is 0 Å². The molecule has 1 saturated carbocycles. The largest absolute Gasteiger partial charge is 0.399 e. The molecule has 0 bridgehead atoms. The molecule has 1 aromatic rings. The summed E-state index contributed by atoms with van der Waals surface area (Å²) in [4.78, 5) is 12.1. The Morgan fingerprint density at radius 2 is 2.17 bits per heavy atom. The maximum atomic E-state index is 12.1. The molecule has 0 aliphatic heterocycles. The zero-order chi connectivity index (χ0) is 13.2. The van der Waals surface area contributed by atoms with Crippen LogP contribution in [0.4, 0.5) is 5.69 Å². The monoisotopic (exact) mass is 310 g/mol. The van der Waals surface area contributed by atoms with Crippen LogP contribution >= 0.6 is 15.9 Å². The molecule has 1 amide bonds. The van der Waals surface area contributed by atoms with Gasteiger partial charge in [-0.2, -0.15) is 0 Å². The molecule has 0 saturated heterocycles. The number of carbonyl (C=O) groups is 1.